The van der Waals surface area contributed by atoms with Crippen molar-refractivity contribution in [3.05, 3.63) is 154 Å². The quantitative estimate of drug-likeness (QED) is 0.0306. The molecule has 5 aliphatic rings. The maximum atomic E-state index is 16.2. The Hall–Kier alpha value is -10.5. The molecule has 2 fully saturated rings. The summed E-state index contributed by atoms with van der Waals surface area (Å²) < 4.78 is 74.9. The fourth-order valence-electron chi connectivity index (χ4n) is 14.6. The Balaban J connectivity index is 0.00000210. The van der Waals surface area contributed by atoms with E-state index in [0.29, 0.717) is 94.5 Å². The number of ether oxygens (including phenoxy) is 4. The van der Waals surface area contributed by atoms with E-state index in [1.54, 1.807) is 84.3 Å². The highest BCUT2D eigenvalue weighted by atomic mass is 32.2. The molecule has 0 spiro atoms. The molecule has 4 aromatic carbocycles. The van der Waals surface area contributed by atoms with E-state index in [1.165, 1.54) is 54.7 Å². The number of halogens is 4. The van der Waals surface area contributed by atoms with Crippen LogP contribution in [0.3, 0.4) is 0 Å². The fraction of sp³-hybridized carbons (Fsp3) is 0.506. The van der Waals surface area contributed by atoms with Crippen LogP contribution >= 0.6 is 23.5 Å². The van der Waals surface area contributed by atoms with Gasteiger partial charge in [-0.2, -0.15) is 36.7 Å². The summed E-state index contributed by atoms with van der Waals surface area (Å²) in [5.41, 5.74) is 4.35. The second kappa shape index (κ2) is 42.8. The van der Waals surface area contributed by atoms with Gasteiger partial charge in [0.05, 0.1) is 91.9 Å². The number of fused-ring (bicyclic) bond motifs is 8. The third-order valence-corrected chi connectivity index (χ3v) is 23.2. The predicted octanol–water partition coefficient (Wildman–Crippen LogP) is 1.78. The molecule has 11 rings (SSSR count). The van der Waals surface area contributed by atoms with Gasteiger partial charge in [-0.15, -0.1) is 5.10 Å². The number of carboxylic acids is 1. The molecule has 121 heavy (non-hydrogen) atoms. The summed E-state index contributed by atoms with van der Waals surface area (Å²) in [4.78, 5) is 161. The minimum atomic E-state index is -5.19. The average Bonchev–Trinajstić information content (AvgIpc) is 1.79. The van der Waals surface area contributed by atoms with Crippen LogP contribution < -0.4 is 52.4 Å². The molecule has 9 N–H and O–H groups in total. The number of thioether (sulfide) groups is 2. The smallest absolute Gasteiger partial charge is 0.430 e. The molecule has 0 unspecified atom stereocenters. The molecule has 14 bridgehead atoms. The van der Waals surface area contributed by atoms with Crippen LogP contribution in [0.4, 0.5) is 17.6 Å². The third-order valence-electron chi connectivity index (χ3n) is 21.1. The summed E-state index contributed by atoms with van der Waals surface area (Å²) in [5.74, 6) is -8.86. The maximum Gasteiger partial charge on any atom is 0.430 e. The van der Waals surface area contributed by atoms with Gasteiger partial charge in [0, 0.05) is 98.4 Å². The van der Waals surface area contributed by atoms with Crippen molar-refractivity contribution in [1.82, 2.24) is 71.9 Å². The zero-order valence-electron chi connectivity index (χ0n) is 68.5. The van der Waals surface area contributed by atoms with Gasteiger partial charge in [0.25, 0.3) is 0 Å². The second-order valence-electron chi connectivity index (χ2n) is 31.5. The first-order valence-corrected chi connectivity index (χ1v) is 42.3. The third kappa shape index (κ3) is 26.3. The lowest BCUT2D eigenvalue weighted by atomic mass is 9.95. The summed E-state index contributed by atoms with van der Waals surface area (Å²) in [6.07, 6.45) is -0.473. The molecule has 6 aromatic rings. The Bertz CT molecular complexity index is 4720. The van der Waals surface area contributed by atoms with Crippen LogP contribution in [-0.4, -0.2) is 276 Å². The van der Waals surface area contributed by atoms with Gasteiger partial charge < -0.3 is 95.3 Å². The summed E-state index contributed by atoms with van der Waals surface area (Å²) in [5, 5.41) is 52.6. The van der Waals surface area contributed by atoms with Crippen molar-refractivity contribution in [3.63, 3.8) is 0 Å². The molecule has 2 saturated heterocycles. The largest absolute Gasteiger partial charge is 0.542 e. The lowest BCUT2D eigenvalue weighted by Gasteiger charge is -2.37. The maximum absolute atomic E-state index is 16.2. The molecule has 0 radical (unpaired) electrons. The van der Waals surface area contributed by atoms with Gasteiger partial charge in [-0.25, -0.2) is 9.07 Å². The molecule has 0 saturated carbocycles. The topological polar surface area (TPSA) is 406 Å². The molecule has 7 heterocycles. The van der Waals surface area contributed by atoms with E-state index in [0.717, 1.165) is 27.7 Å². The van der Waals surface area contributed by atoms with E-state index in [1.807, 2.05) is 41.0 Å². The number of aliphatic hydroxyl groups excluding tert-OH is 1. The van der Waals surface area contributed by atoms with Crippen molar-refractivity contribution >= 4 is 99.5 Å². The van der Waals surface area contributed by atoms with E-state index in [-0.39, 0.29) is 96.8 Å². The number of quaternary nitrogens is 1. The second-order valence-corrected chi connectivity index (χ2v) is 33.7. The van der Waals surface area contributed by atoms with E-state index in [4.69, 9.17) is 28.8 Å². The van der Waals surface area contributed by atoms with Gasteiger partial charge in [-0.05, 0) is 122 Å². The minimum Gasteiger partial charge on any atom is -0.542 e. The number of carbonyl (C=O) groups is 11. The minimum absolute atomic E-state index is 0.0377. The Morgan fingerprint density at radius 3 is 2.18 bits per heavy atom. The Morgan fingerprint density at radius 1 is 0.769 bits per heavy atom. The zero-order chi connectivity index (χ0) is 87.3. The highest BCUT2D eigenvalue weighted by molar-refractivity contribution is 7.98. The lowest BCUT2D eigenvalue weighted by Crippen LogP contribution is -2.64. The number of amides is 10. The molecule has 0 aliphatic carbocycles. The molecular formula is C83H105F4N15O17S2. The van der Waals surface area contributed by atoms with Gasteiger partial charge in [-0.3, -0.25) is 47.9 Å². The number of rotatable bonds is 15. The van der Waals surface area contributed by atoms with Crippen molar-refractivity contribution < 1.29 is 104 Å². The average molecular weight is 1720 g/mol. The van der Waals surface area contributed by atoms with Crippen molar-refractivity contribution in [1.29, 1.82) is 0 Å². The number of alkyl halides is 3. The van der Waals surface area contributed by atoms with Crippen molar-refractivity contribution in [2.45, 2.75) is 163 Å². The number of hydrogen-bond acceptors (Lipinski definition) is 21. The van der Waals surface area contributed by atoms with Crippen LogP contribution in [0.15, 0.2) is 109 Å². The number of allylic oxidation sites excluding steroid dienone is 1. The number of aliphatic hydroxyl groups is 1. The van der Waals surface area contributed by atoms with Crippen molar-refractivity contribution in [2.75, 3.05) is 106 Å². The van der Waals surface area contributed by atoms with E-state index in [9.17, 15) is 42.3 Å². The number of methoxy groups -OCH3 is 1. The van der Waals surface area contributed by atoms with E-state index >= 15 is 28.4 Å². The molecule has 5 aliphatic heterocycles. The molecule has 10 atom stereocenters. The summed E-state index contributed by atoms with van der Waals surface area (Å²) in [6, 6.07) is 13.6. The molecule has 10 amide bonds. The van der Waals surface area contributed by atoms with Crippen LogP contribution in [0.25, 0.3) is 16.6 Å². The van der Waals surface area contributed by atoms with Gasteiger partial charge in [0.15, 0.2) is 0 Å². The first-order valence-electron chi connectivity index (χ1n) is 40.0. The van der Waals surface area contributed by atoms with Crippen LogP contribution in [-0.2, 0) is 111 Å². The zero-order valence-corrected chi connectivity index (χ0v) is 70.1. The molecule has 32 nitrogen and oxygen atoms in total. The standard InChI is InChI=1S/C81H104FN15O15S2.C2HF3O2/c1-50-73(101)87-63-41-54-14-10-13-52(36-54)12-8-9-29-112-68-21-27-94-72(68)77(105)90-71(51(2)98)76(104)89-64(40-53-15-18-61(109-7)19-16-53)79(107)95-26-11-24-81(95,3)80(108)83-25-35-114-49-56-37-55(48-113-34-23-70(100)86-66(75(103)85-50)44-84-69(99)22-30-110-32-33-111-31-28-97(4,5)6)38-60(39-56)96-47-59(91-92-96)46-93-45-57(42-65(78(94)106)88-74(63)102)62-43-58(82)17-20-67(62)93;3-2(4,5)1(6)7/h8-10,13-20,36-39,43,45,47,50-51,63-66,68,71-72,98H,11-12,21-35,40-42,44,46,48-49H2,1-7H3,(H7-,83,84,85,86,87,88,89,90,99,100,101,102,103,104,105,108);(H,6,7)/b9-8+;/t50-,51-,63+,64+,65+,66+,68+,71+,72+,81+;/m1./s1. The summed E-state index contributed by atoms with van der Waals surface area (Å²) >= 11 is 3.00. The van der Waals surface area contributed by atoms with Crippen molar-refractivity contribution in [3.8, 4) is 11.4 Å². The number of benzene rings is 4. The van der Waals surface area contributed by atoms with Gasteiger partial charge in [-0.1, -0.05) is 59.8 Å². The van der Waals surface area contributed by atoms with Crippen LogP contribution in [0.1, 0.15) is 91.9 Å². The first-order chi connectivity index (χ1) is 57.6. The number of hydrogen-bond donors (Lipinski definition) is 9. The summed E-state index contributed by atoms with van der Waals surface area (Å²) in [6.45, 7) is 6.12. The Labute approximate surface area is 706 Å². The number of aromatic nitrogens is 4. The molecule has 654 valence electrons. The molecule has 38 heteroatoms. The number of nitrogens with one attached hydrogen (secondary N) is 8. The molecule has 2 aromatic heterocycles. The fourth-order valence-corrected chi connectivity index (χ4v) is 16.3. The Kier molecular flexibility index (Phi) is 32.8. The number of carbonyl (C=O) groups excluding carboxylic acids is 11. The normalized spacial score (nSPS) is 23.7. The monoisotopic (exact) mass is 1720 g/mol. The van der Waals surface area contributed by atoms with E-state index < -0.39 is 137 Å². The number of aliphatic carboxylic acids is 1. The summed E-state index contributed by atoms with van der Waals surface area (Å²) in [7, 11) is 7.68. The van der Waals surface area contributed by atoms with Gasteiger partial charge in [0.2, 0.25) is 59.1 Å². The van der Waals surface area contributed by atoms with Gasteiger partial charge in [0.1, 0.15) is 77.6 Å². The van der Waals surface area contributed by atoms with Crippen LogP contribution in [0.5, 0.6) is 5.75 Å². The first kappa shape index (κ1) is 92.8. The highest BCUT2D eigenvalue weighted by Crippen LogP contribution is 2.33. The molecular weight excluding hydrogens is 1620 g/mol. The number of likely N-dealkylation sites (N-methyl/N-ethyl adjacent to an activating group) is 1. The Morgan fingerprint density at radius 2 is 1.47 bits per heavy atom. The number of carboxylic acid groups (broad SMARTS) is 1. The highest BCUT2D eigenvalue weighted by Gasteiger charge is 2.50. The SMILES string of the molecule is COc1ccc(C[C@@H]2NC(=O)[C@H]([C@@H](C)O)NC(=O)[C@@H]3[C@@H]4CCN3C(=O)[C@@H]3Cc5cn(c6ccc(F)cc56)Cc5cn(nn5)-c5cc(cc(c5)CSCCC(=O)N[C@@H](CNC(=O)CCOCCOCC[N+](C)(C)C)C(=O)N[C@H](C)C(=O)N[C@@H](Cc5cccc(c5)C/C=C/CO4)C(=O)N3)CSCCNC(=O)[C@]3(C)CCCN3C2=O)cc1.O=C([O-])C(F)(F)F. The van der Waals surface area contributed by atoms with Crippen LogP contribution in [0, 0.1) is 5.82 Å². The van der Waals surface area contributed by atoms with E-state index in [2.05, 4.69) is 74.0 Å². The lowest BCUT2D eigenvalue weighted by molar-refractivity contribution is -0.870. The van der Waals surface area contributed by atoms with Crippen molar-refractivity contribution in [2.24, 2.45) is 0 Å². The van der Waals surface area contributed by atoms with Gasteiger partial charge >= 0.3 is 6.18 Å². The number of nitrogens with zero attached hydrogens (tertiary/aromatic N) is 7. The predicted molar refractivity (Wildman–Crippen MR) is 437 cm³/mol. The van der Waals surface area contributed by atoms with Crippen LogP contribution in [0.2, 0.25) is 0 Å².